The number of nitrogens with one attached hydrogen (secondary N) is 1. The summed E-state index contributed by atoms with van der Waals surface area (Å²) in [5, 5.41) is 13.3. The summed E-state index contributed by atoms with van der Waals surface area (Å²) in [5.41, 5.74) is 6.95. The molecule has 0 saturated heterocycles. The zero-order valence-corrected chi connectivity index (χ0v) is 13.6. The Kier molecular flexibility index (Phi) is 5.66. The Bertz CT molecular complexity index is 631. The fourth-order valence-corrected chi connectivity index (χ4v) is 2.48. The molecular formula is C19H24N2O2. The molecule has 0 aliphatic carbocycles. The van der Waals surface area contributed by atoms with Crippen molar-refractivity contribution in [1.82, 2.24) is 5.32 Å². The lowest BCUT2D eigenvalue weighted by Crippen LogP contribution is -2.31. The van der Waals surface area contributed by atoms with Crippen molar-refractivity contribution in [3.8, 4) is 0 Å². The van der Waals surface area contributed by atoms with E-state index in [4.69, 9.17) is 5.73 Å². The van der Waals surface area contributed by atoms with Gasteiger partial charge in [0.1, 0.15) is 5.60 Å². The Morgan fingerprint density at radius 1 is 1.09 bits per heavy atom. The maximum atomic E-state index is 12.1. The van der Waals surface area contributed by atoms with Crippen molar-refractivity contribution in [2.24, 2.45) is 5.73 Å². The molecule has 4 nitrogen and oxygen atoms in total. The van der Waals surface area contributed by atoms with Crippen molar-refractivity contribution in [3.05, 3.63) is 71.3 Å². The smallest absolute Gasteiger partial charge is 0.193 e. The summed E-state index contributed by atoms with van der Waals surface area (Å²) >= 11 is 0. The summed E-state index contributed by atoms with van der Waals surface area (Å²) in [5.74, 6) is -0.282. The third-order valence-electron chi connectivity index (χ3n) is 3.69. The molecule has 0 aliphatic rings. The van der Waals surface area contributed by atoms with Crippen molar-refractivity contribution < 1.29 is 9.90 Å². The molecule has 4 heteroatoms. The van der Waals surface area contributed by atoms with Gasteiger partial charge in [0.2, 0.25) is 0 Å². The molecule has 1 atom stereocenters. The minimum Gasteiger partial charge on any atom is -0.382 e. The quantitative estimate of drug-likeness (QED) is 0.686. The van der Waals surface area contributed by atoms with Gasteiger partial charge in [-0.1, -0.05) is 54.6 Å². The van der Waals surface area contributed by atoms with Crippen LogP contribution in [0, 0.1) is 0 Å². The van der Waals surface area contributed by atoms with E-state index >= 15 is 0 Å². The number of Topliss-reactive ketones (excluding diaryl/α,β-unsaturated/α-hetero) is 1. The summed E-state index contributed by atoms with van der Waals surface area (Å²) in [4.78, 5) is 12.1. The molecule has 0 saturated carbocycles. The molecule has 0 spiro atoms. The number of nitrogens with two attached hydrogens (primary N) is 1. The van der Waals surface area contributed by atoms with E-state index in [0.29, 0.717) is 18.7 Å². The van der Waals surface area contributed by atoms with Crippen molar-refractivity contribution in [3.63, 3.8) is 0 Å². The number of aliphatic hydroxyl groups is 1. The summed E-state index contributed by atoms with van der Waals surface area (Å²) in [6.07, 6.45) is 0. The lowest BCUT2D eigenvalue weighted by atomic mass is 9.93. The van der Waals surface area contributed by atoms with E-state index < -0.39 is 5.60 Å². The second-order valence-corrected chi connectivity index (χ2v) is 6.10. The molecule has 0 heterocycles. The molecule has 0 amide bonds. The Morgan fingerprint density at radius 3 is 2.17 bits per heavy atom. The number of hydrogen-bond acceptors (Lipinski definition) is 4. The van der Waals surface area contributed by atoms with Crippen molar-refractivity contribution in [2.75, 3.05) is 13.1 Å². The monoisotopic (exact) mass is 312 g/mol. The average Bonchev–Trinajstić information content (AvgIpc) is 2.55. The molecular weight excluding hydrogens is 288 g/mol. The Morgan fingerprint density at radius 2 is 1.65 bits per heavy atom. The highest BCUT2D eigenvalue weighted by molar-refractivity contribution is 6.01. The van der Waals surface area contributed by atoms with Crippen molar-refractivity contribution >= 4 is 5.78 Å². The first-order valence-corrected chi connectivity index (χ1v) is 7.79. The van der Waals surface area contributed by atoms with Gasteiger partial charge < -0.3 is 16.2 Å². The predicted octanol–water partition coefficient (Wildman–Crippen LogP) is 2.28. The summed E-state index contributed by atoms with van der Waals surface area (Å²) in [6, 6.07) is 17.5. The first-order chi connectivity index (χ1) is 10.9. The molecule has 23 heavy (non-hydrogen) atoms. The highest BCUT2D eigenvalue weighted by atomic mass is 16.3. The first-order valence-electron chi connectivity index (χ1n) is 7.79. The van der Waals surface area contributed by atoms with Crippen LogP contribution in [0.3, 0.4) is 0 Å². The van der Waals surface area contributed by atoms with Crippen LogP contribution in [0.4, 0.5) is 0 Å². The van der Waals surface area contributed by atoms with Crippen molar-refractivity contribution in [2.45, 2.75) is 25.5 Å². The van der Waals surface area contributed by atoms with Crippen LogP contribution in [-0.2, 0) is 0 Å². The van der Waals surface area contributed by atoms with E-state index in [9.17, 15) is 9.90 Å². The highest BCUT2D eigenvalue weighted by Crippen LogP contribution is 2.23. The number of carbonyl (C=O) groups is 1. The minimum absolute atomic E-state index is 0.0195. The fraction of sp³-hybridized carbons (Fsp3) is 0.316. The van der Waals surface area contributed by atoms with Gasteiger partial charge in [0.05, 0.1) is 6.04 Å². The van der Waals surface area contributed by atoms with Gasteiger partial charge in [-0.3, -0.25) is 4.79 Å². The van der Waals surface area contributed by atoms with Crippen LogP contribution in [0.1, 0.15) is 41.4 Å². The maximum absolute atomic E-state index is 12.1. The molecule has 0 fully saturated rings. The predicted molar refractivity (Wildman–Crippen MR) is 92.4 cm³/mol. The van der Waals surface area contributed by atoms with E-state index in [-0.39, 0.29) is 11.8 Å². The van der Waals surface area contributed by atoms with Crippen molar-refractivity contribution in [1.29, 1.82) is 0 Å². The lowest BCUT2D eigenvalue weighted by molar-refractivity contribution is 0.0488. The number of carbonyl (C=O) groups excluding carboxylic acids is 1. The van der Waals surface area contributed by atoms with Crippen LogP contribution < -0.4 is 11.1 Å². The normalized spacial score (nSPS) is 12.9. The molecule has 2 aromatic carbocycles. The minimum atomic E-state index is -1.36. The summed E-state index contributed by atoms with van der Waals surface area (Å²) in [6.45, 7) is 4.25. The van der Waals surface area contributed by atoms with Crippen LogP contribution >= 0.6 is 0 Å². The molecule has 2 rings (SSSR count). The third kappa shape index (κ3) is 4.48. The van der Waals surface area contributed by atoms with E-state index in [1.165, 1.54) is 13.8 Å². The molecule has 122 valence electrons. The van der Waals surface area contributed by atoms with Gasteiger partial charge in [-0.25, -0.2) is 0 Å². The van der Waals surface area contributed by atoms with Crippen LogP contribution in [-0.4, -0.2) is 29.6 Å². The van der Waals surface area contributed by atoms with Gasteiger partial charge in [-0.05, 0) is 25.0 Å². The van der Waals surface area contributed by atoms with Gasteiger partial charge in [0.15, 0.2) is 5.78 Å². The maximum Gasteiger partial charge on any atom is 0.193 e. The second kappa shape index (κ2) is 7.51. The average molecular weight is 312 g/mol. The summed E-state index contributed by atoms with van der Waals surface area (Å²) in [7, 11) is 0. The number of ketones is 1. The standard InChI is InChI=1S/C19H24N2O2/c1-19(2,23)18(22)16-10-8-15(9-11-16)17(21-13-12-20)14-6-4-3-5-7-14/h3-11,17,21,23H,12-13,20H2,1-2H3. The third-order valence-corrected chi connectivity index (χ3v) is 3.69. The van der Waals surface area contributed by atoms with E-state index in [1.807, 2.05) is 30.3 Å². The SMILES string of the molecule is CC(C)(O)C(=O)c1ccc(C(NCCN)c2ccccc2)cc1. The zero-order valence-electron chi connectivity index (χ0n) is 13.6. The number of hydrogen-bond donors (Lipinski definition) is 3. The number of benzene rings is 2. The Labute approximate surface area is 137 Å². The lowest BCUT2D eigenvalue weighted by Gasteiger charge is -2.20. The van der Waals surface area contributed by atoms with Crippen LogP contribution in [0.2, 0.25) is 0 Å². The zero-order chi connectivity index (χ0) is 16.9. The van der Waals surface area contributed by atoms with E-state index in [1.54, 1.807) is 12.1 Å². The van der Waals surface area contributed by atoms with Gasteiger partial charge in [0.25, 0.3) is 0 Å². The molecule has 0 aromatic heterocycles. The highest BCUT2D eigenvalue weighted by Gasteiger charge is 2.25. The van der Waals surface area contributed by atoms with Gasteiger partial charge in [0, 0.05) is 18.7 Å². The Balaban J connectivity index is 2.28. The molecule has 4 N–H and O–H groups in total. The van der Waals surface area contributed by atoms with Crippen LogP contribution in [0.5, 0.6) is 0 Å². The molecule has 1 unspecified atom stereocenters. The van der Waals surface area contributed by atoms with Gasteiger partial charge in [-0.2, -0.15) is 0 Å². The molecule has 0 aliphatic heterocycles. The van der Waals surface area contributed by atoms with E-state index in [2.05, 4.69) is 17.4 Å². The number of rotatable bonds is 7. The Hall–Kier alpha value is -2.01. The first kappa shape index (κ1) is 17.3. The second-order valence-electron chi connectivity index (χ2n) is 6.10. The van der Waals surface area contributed by atoms with Gasteiger partial charge in [-0.15, -0.1) is 0 Å². The largest absolute Gasteiger partial charge is 0.382 e. The van der Waals surface area contributed by atoms with Gasteiger partial charge >= 0.3 is 0 Å². The topological polar surface area (TPSA) is 75.3 Å². The van der Waals surface area contributed by atoms with E-state index in [0.717, 1.165) is 11.1 Å². The summed E-state index contributed by atoms with van der Waals surface area (Å²) < 4.78 is 0. The fourth-order valence-electron chi connectivity index (χ4n) is 2.48. The molecule has 0 bridgehead atoms. The molecule has 2 aromatic rings. The van der Waals surface area contributed by atoms with Crippen LogP contribution in [0.25, 0.3) is 0 Å². The molecule has 0 radical (unpaired) electrons. The van der Waals surface area contributed by atoms with Crippen LogP contribution in [0.15, 0.2) is 54.6 Å².